The van der Waals surface area contributed by atoms with E-state index in [9.17, 15) is 29.1 Å². The first-order valence-electron chi connectivity index (χ1n) is 13.1. The van der Waals surface area contributed by atoms with E-state index in [1.165, 1.54) is 12.5 Å². The summed E-state index contributed by atoms with van der Waals surface area (Å²) in [6.45, 7) is 0.144. The SMILES string of the molecule is NC(N)=NCCCC(NC(=O)C(N)CCC(=O)O)C(=O)NC(Cc1cnc[nH]1)C(=O)NC(Cc1ccccc1)C(=O)O. The molecule has 4 atom stereocenters. The predicted molar refractivity (Wildman–Crippen MR) is 151 cm³/mol. The van der Waals surface area contributed by atoms with Crippen molar-refractivity contribution in [1.29, 1.82) is 0 Å². The summed E-state index contributed by atoms with van der Waals surface area (Å²) in [6.07, 6.45) is 2.56. The second-order valence-corrected chi connectivity index (χ2v) is 9.48. The first-order chi connectivity index (χ1) is 20.0. The molecular weight excluding hydrogens is 550 g/mol. The molecule has 0 saturated heterocycles. The van der Waals surface area contributed by atoms with E-state index in [0.717, 1.165) is 0 Å². The number of carbonyl (C=O) groups is 5. The van der Waals surface area contributed by atoms with Gasteiger partial charge in [0.1, 0.15) is 18.1 Å². The summed E-state index contributed by atoms with van der Waals surface area (Å²) >= 11 is 0. The van der Waals surface area contributed by atoms with Gasteiger partial charge in [-0.25, -0.2) is 9.78 Å². The lowest BCUT2D eigenvalue weighted by Crippen LogP contribution is -2.57. The summed E-state index contributed by atoms with van der Waals surface area (Å²) in [5.74, 6) is -4.85. The molecule has 42 heavy (non-hydrogen) atoms. The number of carbonyl (C=O) groups excluding carboxylic acids is 3. The molecule has 3 amide bonds. The number of nitrogens with two attached hydrogens (primary N) is 3. The average Bonchev–Trinajstić information content (AvgIpc) is 3.45. The molecule has 12 N–H and O–H groups in total. The first-order valence-corrected chi connectivity index (χ1v) is 13.1. The van der Waals surface area contributed by atoms with E-state index < -0.39 is 53.8 Å². The summed E-state index contributed by atoms with van der Waals surface area (Å²) in [5, 5.41) is 26.2. The van der Waals surface area contributed by atoms with E-state index in [-0.39, 0.29) is 51.0 Å². The predicted octanol–water partition coefficient (Wildman–Crippen LogP) is -2.02. The minimum absolute atomic E-state index is 0.00431. The number of benzene rings is 1. The average molecular weight is 588 g/mol. The lowest BCUT2D eigenvalue weighted by molar-refractivity contribution is -0.142. The molecule has 0 spiro atoms. The molecule has 0 radical (unpaired) electrons. The van der Waals surface area contributed by atoms with Gasteiger partial charge < -0.3 is 48.3 Å². The highest BCUT2D eigenvalue weighted by Gasteiger charge is 2.31. The van der Waals surface area contributed by atoms with Crippen LogP contribution in [0.25, 0.3) is 0 Å². The van der Waals surface area contributed by atoms with Crippen molar-refractivity contribution >= 4 is 35.6 Å². The van der Waals surface area contributed by atoms with Crippen LogP contribution < -0.4 is 33.2 Å². The number of hydrogen-bond donors (Lipinski definition) is 9. The molecule has 228 valence electrons. The van der Waals surface area contributed by atoms with Gasteiger partial charge >= 0.3 is 11.9 Å². The van der Waals surface area contributed by atoms with Crippen molar-refractivity contribution in [1.82, 2.24) is 25.9 Å². The zero-order valence-corrected chi connectivity index (χ0v) is 22.9. The highest BCUT2D eigenvalue weighted by molar-refractivity contribution is 5.94. The molecule has 1 heterocycles. The van der Waals surface area contributed by atoms with Crippen molar-refractivity contribution in [3.05, 3.63) is 54.1 Å². The number of carboxylic acids is 2. The van der Waals surface area contributed by atoms with E-state index in [2.05, 4.69) is 30.9 Å². The third-order valence-electron chi connectivity index (χ3n) is 6.09. The molecule has 0 bridgehead atoms. The van der Waals surface area contributed by atoms with Crippen molar-refractivity contribution < 1.29 is 34.2 Å². The molecular formula is C26H37N9O7. The van der Waals surface area contributed by atoms with E-state index in [0.29, 0.717) is 11.3 Å². The zero-order chi connectivity index (χ0) is 31.1. The highest BCUT2D eigenvalue weighted by Crippen LogP contribution is 2.07. The molecule has 2 aromatic rings. The fourth-order valence-electron chi connectivity index (χ4n) is 3.88. The molecule has 16 nitrogen and oxygen atoms in total. The number of rotatable bonds is 18. The fraction of sp³-hybridized carbons (Fsp3) is 0.423. The smallest absolute Gasteiger partial charge is 0.326 e. The quantitative estimate of drug-likeness (QED) is 0.0521. The summed E-state index contributed by atoms with van der Waals surface area (Å²) in [7, 11) is 0. The van der Waals surface area contributed by atoms with Crippen molar-refractivity contribution in [3.63, 3.8) is 0 Å². The number of carboxylic acid groups (broad SMARTS) is 2. The van der Waals surface area contributed by atoms with E-state index in [1.807, 2.05) is 0 Å². The van der Waals surface area contributed by atoms with Crippen molar-refractivity contribution in [3.8, 4) is 0 Å². The van der Waals surface area contributed by atoms with Gasteiger partial charge in [-0.3, -0.25) is 24.2 Å². The zero-order valence-electron chi connectivity index (χ0n) is 22.9. The Bertz CT molecular complexity index is 1220. The molecule has 2 rings (SSSR count). The third-order valence-corrected chi connectivity index (χ3v) is 6.09. The molecule has 0 fully saturated rings. The summed E-state index contributed by atoms with van der Waals surface area (Å²) < 4.78 is 0. The van der Waals surface area contributed by atoms with Crippen LogP contribution in [0, 0.1) is 0 Å². The number of aromatic nitrogens is 2. The number of aliphatic imine (C=N–C) groups is 1. The number of guanidine groups is 1. The summed E-state index contributed by atoms with van der Waals surface area (Å²) in [6, 6.07) is 3.77. The van der Waals surface area contributed by atoms with Gasteiger partial charge in [0.05, 0.1) is 12.4 Å². The Hall–Kier alpha value is -4.99. The van der Waals surface area contributed by atoms with Crippen LogP contribution in [-0.4, -0.2) is 86.5 Å². The number of nitrogens with zero attached hydrogens (tertiary/aromatic N) is 2. The number of imidazole rings is 1. The Balaban J connectivity index is 2.21. The molecule has 0 aliphatic heterocycles. The van der Waals surface area contributed by atoms with Crippen LogP contribution in [0.5, 0.6) is 0 Å². The van der Waals surface area contributed by atoms with Gasteiger partial charge in [0.2, 0.25) is 17.7 Å². The lowest BCUT2D eigenvalue weighted by Gasteiger charge is -2.25. The van der Waals surface area contributed by atoms with Crippen LogP contribution in [0.3, 0.4) is 0 Å². The highest BCUT2D eigenvalue weighted by atomic mass is 16.4. The van der Waals surface area contributed by atoms with Crippen LogP contribution in [-0.2, 0) is 36.8 Å². The van der Waals surface area contributed by atoms with Crippen molar-refractivity contribution in [2.45, 2.75) is 62.7 Å². The number of aromatic amines is 1. The molecule has 0 saturated carbocycles. The maximum atomic E-state index is 13.4. The maximum Gasteiger partial charge on any atom is 0.326 e. The molecule has 1 aromatic heterocycles. The first kappa shape index (κ1) is 33.2. The Labute approximate surface area is 241 Å². The van der Waals surface area contributed by atoms with Gasteiger partial charge in [0.15, 0.2) is 5.96 Å². The van der Waals surface area contributed by atoms with Crippen molar-refractivity contribution in [2.75, 3.05) is 6.54 Å². The van der Waals surface area contributed by atoms with E-state index in [4.69, 9.17) is 22.3 Å². The molecule has 4 unspecified atom stereocenters. The van der Waals surface area contributed by atoms with E-state index in [1.54, 1.807) is 30.3 Å². The lowest BCUT2D eigenvalue weighted by atomic mass is 10.0. The minimum Gasteiger partial charge on any atom is -0.481 e. The number of aliphatic carboxylic acids is 2. The second-order valence-electron chi connectivity index (χ2n) is 9.48. The topological polar surface area (TPSA) is 281 Å². The van der Waals surface area contributed by atoms with E-state index >= 15 is 0 Å². The van der Waals surface area contributed by atoms with Gasteiger partial charge in [-0.05, 0) is 24.8 Å². The van der Waals surface area contributed by atoms with Gasteiger partial charge in [0, 0.05) is 37.7 Å². The van der Waals surface area contributed by atoms with Gasteiger partial charge in [0.25, 0.3) is 0 Å². The maximum absolute atomic E-state index is 13.4. The Morgan fingerprint density at radius 3 is 2.12 bits per heavy atom. The summed E-state index contributed by atoms with van der Waals surface area (Å²) in [4.78, 5) is 72.7. The largest absolute Gasteiger partial charge is 0.481 e. The van der Waals surface area contributed by atoms with Gasteiger partial charge in [-0.1, -0.05) is 30.3 Å². The minimum atomic E-state index is -1.29. The number of nitrogens with one attached hydrogen (secondary N) is 4. The summed E-state index contributed by atoms with van der Waals surface area (Å²) in [5.41, 5.74) is 17.6. The second kappa shape index (κ2) is 17.0. The molecule has 0 aliphatic rings. The standard InChI is InChI=1S/C26H37N9O7/c27-17(8-9-21(36)37)22(38)33-18(7-4-10-31-26(28)29)23(39)34-19(12-16-13-30-14-32-16)24(40)35-20(25(41)42)11-15-5-2-1-3-6-15/h1-3,5-6,13-14,17-20H,4,7-12,27H2,(H,30,32)(H,33,38)(H,34,39)(H,35,40)(H,36,37)(H,41,42)(H4,28,29,31). The number of H-pyrrole nitrogens is 1. The van der Waals surface area contributed by atoms with Gasteiger partial charge in [-0.15, -0.1) is 0 Å². The normalized spacial score (nSPS) is 13.5. The van der Waals surface area contributed by atoms with Crippen LogP contribution in [0.4, 0.5) is 0 Å². The molecule has 16 heteroatoms. The van der Waals surface area contributed by atoms with Crippen LogP contribution in [0.2, 0.25) is 0 Å². The van der Waals surface area contributed by atoms with Crippen LogP contribution in [0.1, 0.15) is 36.9 Å². The fourth-order valence-corrected chi connectivity index (χ4v) is 3.88. The molecule has 0 aliphatic carbocycles. The third kappa shape index (κ3) is 12.0. The number of amides is 3. The van der Waals surface area contributed by atoms with Crippen molar-refractivity contribution in [2.24, 2.45) is 22.2 Å². The Kier molecular flexibility index (Phi) is 13.4. The van der Waals surface area contributed by atoms with Gasteiger partial charge in [-0.2, -0.15) is 0 Å². The molecule has 1 aromatic carbocycles. The Morgan fingerprint density at radius 2 is 1.52 bits per heavy atom. The number of hydrogen-bond acceptors (Lipinski definition) is 8. The van der Waals surface area contributed by atoms with Crippen LogP contribution >= 0.6 is 0 Å². The monoisotopic (exact) mass is 587 g/mol. The Morgan fingerprint density at radius 1 is 0.881 bits per heavy atom. The van der Waals surface area contributed by atoms with Crippen LogP contribution in [0.15, 0.2) is 47.8 Å².